The van der Waals surface area contributed by atoms with Crippen LogP contribution in [0.25, 0.3) is 11.1 Å². The van der Waals surface area contributed by atoms with Gasteiger partial charge in [0, 0.05) is 5.56 Å². The Labute approximate surface area is 142 Å². The summed E-state index contributed by atoms with van der Waals surface area (Å²) in [6, 6.07) is 17.2. The minimum absolute atomic E-state index is 0.396. The van der Waals surface area contributed by atoms with Gasteiger partial charge in [-0.2, -0.15) is 0 Å². The molecule has 0 unspecified atom stereocenters. The van der Waals surface area contributed by atoms with Crippen molar-refractivity contribution >= 4 is 21.6 Å². The second-order valence-electron chi connectivity index (χ2n) is 4.34. The lowest BCUT2D eigenvalue weighted by Gasteiger charge is -2.02. The first-order chi connectivity index (χ1) is 11.3. The third kappa shape index (κ3) is 15.4. The Kier molecular flexibility index (Phi) is 9.43. The lowest BCUT2D eigenvalue weighted by Crippen LogP contribution is -2.10. The van der Waals surface area contributed by atoms with Crippen LogP contribution in [0.4, 0.5) is 0 Å². The third-order valence-electron chi connectivity index (χ3n) is 2.25. The maximum absolute atomic E-state index is 11.0. The maximum atomic E-state index is 11.0. The number of benzene rings is 2. The molecule has 0 aliphatic heterocycles. The molecule has 8 N–H and O–H groups in total. The van der Waals surface area contributed by atoms with E-state index in [0.29, 0.717) is 5.56 Å². The molecule has 2 rings (SSSR count). The number of carbonyl (C=O) groups is 1. The van der Waals surface area contributed by atoms with E-state index in [9.17, 15) is 4.79 Å². The van der Waals surface area contributed by atoms with E-state index in [-0.39, 0.29) is 0 Å². The summed E-state index contributed by atoms with van der Waals surface area (Å²) in [7, 11) is -9.28. The monoisotopic (exact) mass is 393 g/mol. The molecule has 0 heterocycles. The van der Waals surface area contributed by atoms with Crippen LogP contribution < -0.4 is 5.73 Å². The Hall–Kier alpha value is -1.87. The van der Waals surface area contributed by atoms with E-state index in [1.165, 1.54) is 0 Å². The molecule has 2 aromatic rings. The van der Waals surface area contributed by atoms with Gasteiger partial charge in [-0.1, -0.05) is 42.5 Å². The van der Waals surface area contributed by atoms with Crippen molar-refractivity contribution in [3.8, 4) is 11.1 Å². The van der Waals surface area contributed by atoms with Gasteiger partial charge in [0.2, 0.25) is 5.91 Å². The lowest BCUT2D eigenvalue weighted by atomic mass is 10.0. The average Bonchev–Trinajstić information content (AvgIpc) is 2.45. The molecule has 0 saturated heterocycles. The summed E-state index contributed by atoms with van der Waals surface area (Å²) in [6.45, 7) is 0. The van der Waals surface area contributed by atoms with Crippen LogP contribution in [0.15, 0.2) is 54.6 Å². The highest BCUT2D eigenvalue weighted by molar-refractivity contribution is 7.45. The minimum atomic E-state index is -4.64. The second-order valence-corrected chi connectivity index (χ2v) is 6.39. The van der Waals surface area contributed by atoms with E-state index in [1.807, 2.05) is 42.5 Å². The summed E-state index contributed by atoms with van der Waals surface area (Å²) in [5.41, 5.74) is 7.85. The van der Waals surface area contributed by atoms with Crippen LogP contribution in [0.1, 0.15) is 10.4 Å². The van der Waals surface area contributed by atoms with Crippen molar-refractivity contribution in [2.45, 2.75) is 0 Å². The van der Waals surface area contributed by atoms with Gasteiger partial charge in [-0.3, -0.25) is 4.79 Å². The minimum Gasteiger partial charge on any atom is -0.366 e. The molecule has 0 radical (unpaired) electrons. The molecule has 0 spiro atoms. The van der Waals surface area contributed by atoms with Crippen molar-refractivity contribution in [3.05, 3.63) is 60.2 Å². The van der Waals surface area contributed by atoms with Gasteiger partial charge < -0.3 is 35.1 Å². The Balaban J connectivity index is 0.000000480. The maximum Gasteiger partial charge on any atom is 0.466 e. The predicted octanol–water partition coefficient (Wildman–Crippen LogP) is 0.595. The lowest BCUT2D eigenvalue weighted by molar-refractivity contribution is 0.1000. The number of amides is 1. The predicted molar refractivity (Wildman–Crippen MR) is 88.9 cm³/mol. The fourth-order valence-corrected chi connectivity index (χ4v) is 1.48. The summed E-state index contributed by atoms with van der Waals surface area (Å²) in [5, 5.41) is 0. The molecule has 0 aromatic heterocycles. The van der Waals surface area contributed by atoms with Crippen molar-refractivity contribution in [2.24, 2.45) is 5.73 Å². The number of rotatable bonds is 2. The largest absolute Gasteiger partial charge is 0.466 e. The van der Waals surface area contributed by atoms with Gasteiger partial charge in [-0.05, 0) is 23.3 Å². The quantitative estimate of drug-likeness (QED) is 0.357. The molecule has 0 aliphatic carbocycles. The summed E-state index contributed by atoms with van der Waals surface area (Å²) < 4.78 is 17.8. The van der Waals surface area contributed by atoms with Crippen LogP contribution in [-0.4, -0.2) is 35.3 Å². The first-order valence-corrected chi connectivity index (χ1v) is 9.42. The molecule has 138 valence electrons. The van der Waals surface area contributed by atoms with Crippen LogP contribution in [0.5, 0.6) is 0 Å². The Morgan fingerprint density at radius 2 is 1.12 bits per heavy atom. The van der Waals surface area contributed by atoms with E-state index >= 15 is 0 Å². The summed E-state index contributed by atoms with van der Waals surface area (Å²) in [4.78, 5) is 54.1. The zero-order valence-electron chi connectivity index (χ0n) is 12.6. The van der Waals surface area contributed by atoms with Crippen LogP contribution in [0.3, 0.4) is 0 Å². The Morgan fingerprint density at radius 3 is 1.52 bits per heavy atom. The molecule has 0 fully saturated rings. The van der Waals surface area contributed by atoms with Crippen molar-refractivity contribution in [1.82, 2.24) is 0 Å². The summed E-state index contributed by atoms with van der Waals surface area (Å²) in [5.74, 6) is -0.396. The highest BCUT2D eigenvalue weighted by Crippen LogP contribution is 2.26. The van der Waals surface area contributed by atoms with E-state index in [2.05, 4.69) is 0 Å². The molecule has 12 heteroatoms. The number of phosphoric acid groups is 2. The smallest absolute Gasteiger partial charge is 0.366 e. The van der Waals surface area contributed by atoms with Gasteiger partial charge >= 0.3 is 15.6 Å². The van der Waals surface area contributed by atoms with Gasteiger partial charge in [-0.15, -0.1) is 0 Å². The Bertz CT molecular complexity index is 734. The molecule has 0 saturated carbocycles. The average molecular weight is 393 g/mol. The molecule has 0 bridgehead atoms. The van der Waals surface area contributed by atoms with Crippen molar-refractivity contribution in [1.29, 1.82) is 0 Å². The van der Waals surface area contributed by atoms with Gasteiger partial charge in [-0.25, -0.2) is 9.13 Å². The highest BCUT2D eigenvalue weighted by atomic mass is 31.2. The molecular weight excluding hydrogens is 376 g/mol. The summed E-state index contributed by atoms with van der Waals surface area (Å²) in [6.07, 6.45) is 0. The van der Waals surface area contributed by atoms with Crippen LogP contribution in [0, 0.1) is 0 Å². The topological polar surface area (TPSA) is 199 Å². The highest BCUT2D eigenvalue weighted by Gasteiger charge is 2.02. The molecule has 1 amide bonds. The zero-order valence-corrected chi connectivity index (χ0v) is 14.4. The fraction of sp³-hybridized carbons (Fsp3) is 0. The van der Waals surface area contributed by atoms with Crippen LogP contribution >= 0.6 is 15.6 Å². The van der Waals surface area contributed by atoms with E-state index in [0.717, 1.165) is 11.1 Å². The van der Waals surface area contributed by atoms with Gasteiger partial charge in [0.25, 0.3) is 0 Å². The number of primary amides is 1. The molecule has 0 aliphatic rings. The van der Waals surface area contributed by atoms with E-state index in [1.54, 1.807) is 12.1 Å². The van der Waals surface area contributed by atoms with E-state index in [4.69, 9.17) is 44.2 Å². The molecule has 10 nitrogen and oxygen atoms in total. The van der Waals surface area contributed by atoms with E-state index < -0.39 is 21.6 Å². The first kappa shape index (κ1) is 23.1. The number of carbonyl (C=O) groups excluding carboxylic acids is 1. The normalized spacial score (nSPS) is 10.6. The van der Waals surface area contributed by atoms with Crippen LogP contribution in [-0.2, 0) is 9.13 Å². The standard InChI is InChI=1S/C13H11NO.2H3O4P/c14-13(15)12-8-4-7-11(9-12)10-5-2-1-3-6-10;2*1-5(2,3)4/h1-9H,(H2,14,15);2*(H3,1,2,3,4). The number of hydrogen-bond donors (Lipinski definition) is 7. The summed E-state index contributed by atoms with van der Waals surface area (Å²) >= 11 is 0. The number of hydrogen-bond acceptors (Lipinski definition) is 3. The van der Waals surface area contributed by atoms with Gasteiger partial charge in [0.1, 0.15) is 0 Å². The number of nitrogens with two attached hydrogens (primary N) is 1. The fourth-order valence-electron chi connectivity index (χ4n) is 1.48. The van der Waals surface area contributed by atoms with Crippen molar-refractivity contribution in [3.63, 3.8) is 0 Å². The van der Waals surface area contributed by atoms with Gasteiger partial charge in [0.05, 0.1) is 0 Å². The van der Waals surface area contributed by atoms with Crippen LogP contribution in [0.2, 0.25) is 0 Å². The molecule has 0 atom stereocenters. The van der Waals surface area contributed by atoms with Gasteiger partial charge in [0.15, 0.2) is 0 Å². The first-order valence-electron chi connectivity index (χ1n) is 6.29. The molecule has 2 aromatic carbocycles. The van der Waals surface area contributed by atoms with Crippen molar-refractivity contribution < 1.29 is 43.3 Å². The second kappa shape index (κ2) is 10.2. The SMILES string of the molecule is NC(=O)c1cccc(-c2ccccc2)c1.O=P(O)(O)O.O=P(O)(O)O. The molecule has 25 heavy (non-hydrogen) atoms. The third-order valence-corrected chi connectivity index (χ3v) is 2.25. The zero-order chi connectivity index (χ0) is 19.7. The Morgan fingerprint density at radius 1 is 0.720 bits per heavy atom. The molecular formula is C13H17NO9P2. The van der Waals surface area contributed by atoms with Crippen molar-refractivity contribution in [2.75, 3.05) is 0 Å².